The van der Waals surface area contributed by atoms with Gasteiger partial charge < -0.3 is 9.73 Å². The van der Waals surface area contributed by atoms with E-state index < -0.39 is 0 Å². The highest BCUT2D eigenvalue weighted by molar-refractivity contribution is 5.82. The van der Waals surface area contributed by atoms with Crippen LogP contribution in [0, 0.1) is 0 Å². The second-order valence-corrected chi connectivity index (χ2v) is 3.40. The van der Waals surface area contributed by atoms with E-state index in [2.05, 4.69) is 5.32 Å². The van der Waals surface area contributed by atoms with E-state index in [9.17, 15) is 4.79 Å². The summed E-state index contributed by atoms with van der Waals surface area (Å²) in [5, 5.41) is 2.83. The highest BCUT2D eigenvalue weighted by atomic mass is 16.3. The van der Waals surface area contributed by atoms with E-state index in [1.165, 1.54) is 0 Å². The van der Waals surface area contributed by atoms with E-state index in [4.69, 9.17) is 4.42 Å². The van der Waals surface area contributed by atoms with Gasteiger partial charge in [-0.25, -0.2) is 0 Å². The molecule has 1 aromatic heterocycles. The van der Waals surface area contributed by atoms with Crippen LogP contribution in [0.2, 0.25) is 0 Å². The minimum Gasteiger partial charge on any atom is -0.469 e. The lowest BCUT2D eigenvalue weighted by Gasteiger charge is -2.12. The van der Waals surface area contributed by atoms with Gasteiger partial charge in [0.25, 0.3) is 0 Å². The summed E-state index contributed by atoms with van der Waals surface area (Å²) in [6, 6.07) is 3.77. The van der Waals surface area contributed by atoms with Gasteiger partial charge >= 0.3 is 0 Å². The van der Waals surface area contributed by atoms with E-state index in [-0.39, 0.29) is 17.9 Å². The molecule has 1 aromatic rings. The van der Waals surface area contributed by atoms with Crippen molar-refractivity contribution >= 4 is 5.91 Å². The molecule has 72 valence electrons. The van der Waals surface area contributed by atoms with Crippen molar-refractivity contribution in [2.75, 3.05) is 0 Å². The van der Waals surface area contributed by atoms with Gasteiger partial charge in [-0.2, -0.15) is 0 Å². The molecular formula is C10H15NO2. The first-order chi connectivity index (χ1) is 6.11. The Labute approximate surface area is 78.1 Å². The van der Waals surface area contributed by atoms with Crippen LogP contribution in [0.15, 0.2) is 22.8 Å². The molecular weight excluding hydrogens is 166 g/mol. The van der Waals surface area contributed by atoms with E-state index in [0.717, 1.165) is 0 Å². The van der Waals surface area contributed by atoms with Gasteiger partial charge in [-0.15, -0.1) is 0 Å². The Morgan fingerprint density at radius 3 is 2.62 bits per heavy atom. The van der Waals surface area contributed by atoms with Gasteiger partial charge in [0.2, 0.25) is 5.91 Å². The largest absolute Gasteiger partial charge is 0.469 e. The molecule has 0 radical (unpaired) electrons. The van der Waals surface area contributed by atoms with Crippen LogP contribution in [0.4, 0.5) is 0 Å². The molecule has 1 atom stereocenters. The molecule has 13 heavy (non-hydrogen) atoms. The Morgan fingerprint density at radius 1 is 1.46 bits per heavy atom. The normalized spacial score (nSPS) is 12.9. The van der Waals surface area contributed by atoms with Gasteiger partial charge in [0.15, 0.2) is 0 Å². The first-order valence-corrected chi connectivity index (χ1v) is 4.45. The quantitative estimate of drug-likeness (QED) is 0.774. The Morgan fingerprint density at radius 2 is 2.15 bits per heavy atom. The summed E-state index contributed by atoms with van der Waals surface area (Å²) in [7, 11) is 0. The predicted octanol–water partition coefficient (Wildman–Crippen LogP) is 1.91. The minimum absolute atomic E-state index is 0.00458. The van der Waals surface area contributed by atoms with Crippen LogP contribution in [-0.2, 0) is 4.79 Å². The molecule has 0 aliphatic heterocycles. The molecule has 0 aromatic carbocycles. The predicted molar refractivity (Wildman–Crippen MR) is 50.4 cm³/mol. The number of rotatable bonds is 3. The number of hydrogen-bond donors (Lipinski definition) is 1. The van der Waals surface area contributed by atoms with Crippen LogP contribution in [0.25, 0.3) is 0 Å². The molecule has 3 heteroatoms. The number of amides is 1. The average molecular weight is 181 g/mol. The number of furan rings is 1. The smallest absolute Gasteiger partial charge is 0.230 e. The van der Waals surface area contributed by atoms with Gasteiger partial charge in [-0.05, 0) is 32.9 Å². The van der Waals surface area contributed by atoms with Gasteiger partial charge in [-0.3, -0.25) is 4.79 Å². The maximum absolute atomic E-state index is 11.5. The lowest BCUT2D eigenvalue weighted by molar-refractivity contribution is -0.123. The van der Waals surface area contributed by atoms with Crippen molar-refractivity contribution in [3.63, 3.8) is 0 Å². The molecule has 1 amide bonds. The van der Waals surface area contributed by atoms with Crippen LogP contribution in [0.1, 0.15) is 32.4 Å². The standard InChI is InChI=1S/C10H15NO2/c1-7(2)11-10(12)8(3)9-5-4-6-13-9/h4-8H,1-3H3,(H,11,12). The van der Waals surface area contributed by atoms with E-state index in [1.807, 2.05) is 26.8 Å². The molecule has 1 unspecified atom stereocenters. The molecule has 1 heterocycles. The lowest BCUT2D eigenvalue weighted by Crippen LogP contribution is -2.33. The van der Waals surface area contributed by atoms with Crippen LogP contribution in [0.3, 0.4) is 0 Å². The molecule has 0 saturated carbocycles. The minimum atomic E-state index is -0.211. The third kappa shape index (κ3) is 2.61. The Balaban J connectivity index is 2.58. The number of nitrogens with one attached hydrogen (secondary N) is 1. The third-order valence-corrected chi connectivity index (χ3v) is 1.79. The fraction of sp³-hybridized carbons (Fsp3) is 0.500. The zero-order valence-electron chi connectivity index (χ0n) is 8.20. The maximum atomic E-state index is 11.5. The van der Waals surface area contributed by atoms with E-state index in [1.54, 1.807) is 12.3 Å². The van der Waals surface area contributed by atoms with Crippen molar-refractivity contribution in [1.82, 2.24) is 5.32 Å². The summed E-state index contributed by atoms with van der Waals surface area (Å²) >= 11 is 0. The first-order valence-electron chi connectivity index (χ1n) is 4.45. The SMILES string of the molecule is CC(C)NC(=O)C(C)c1ccco1. The molecule has 1 rings (SSSR count). The molecule has 0 bridgehead atoms. The maximum Gasteiger partial charge on any atom is 0.230 e. The van der Waals surface area contributed by atoms with Crippen LogP contribution >= 0.6 is 0 Å². The van der Waals surface area contributed by atoms with Crippen molar-refractivity contribution in [3.05, 3.63) is 24.2 Å². The second kappa shape index (κ2) is 4.12. The fourth-order valence-electron chi connectivity index (χ4n) is 1.08. The highest BCUT2D eigenvalue weighted by Crippen LogP contribution is 2.15. The van der Waals surface area contributed by atoms with E-state index >= 15 is 0 Å². The first kappa shape index (κ1) is 9.84. The summed E-state index contributed by atoms with van der Waals surface area (Å²) in [5.74, 6) is 0.500. The topological polar surface area (TPSA) is 42.2 Å². The van der Waals surface area contributed by atoms with Gasteiger partial charge in [0.05, 0.1) is 12.2 Å². The van der Waals surface area contributed by atoms with Gasteiger partial charge in [0, 0.05) is 6.04 Å². The van der Waals surface area contributed by atoms with Crippen molar-refractivity contribution in [1.29, 1.82) is 0 Å². The third-order valence-electron chi connectivity index (χ3n) is 1.79. The molecule has 0 aliphatic carbocycles. The lowest BCUT2D eigenvalue weighted by atomic mass is 10.1. The second-order valence-electron chi connectivity index (χ2n) is 3.40. The number of carbonyl (C=O) groups excluding carboxylic acids is 1. The summed E-state index contributed by atoms with van der Waals surface area (Å²) in [6.07, 6.45) is 1.58. The van der Waals surface area contributed by atoms with Gasteiger partial charge in [0.1, 0.15) is 5.76 Å². The number of hydrogen-bond acceptors (Lipinski definition) is 2. The molecule has 1 N–H and O–H groups in total. The van der Waals surface area contributed by atoms with Crippen molar-refractivity contribution in [2.24, 2.45) is 0 Å². The highest BCUT2D eigenvalue weighted by Gasteiger charge is 2.17. The van der Waals surface area contributed by atoms with Gasteiger partial charge in [-0.1, -0.05) is 0 Å². The van der Waals surface area contributed by atoms with Crippen LogP contribution in [0.5, 0.6) is 0 Å². The fourth-order valence-corrected chi connectivity index (χ4v) is 1.08. The zero-order chi connectivity index (χ0) is 9.84. The summed E-state index contributed by atoms with van der Waals surface area (Å²) in [4.78, 5) is 11.5. The van der Waals surface area contributed by atoms with Crippen molar-refractivity contribution < 1.29 is 9.21 Å². The monoisotopic (exact) mass is 181 g/mol. The molecule has 0 spiro atoms. The number of carbonyl (C=O) groups is 1. The zero-order valence-corrected chi connectivity index (χ0v) is 8.20. The molecule has 0 fully saturated rings. The van der Waals surface area contributed by atoms with E-state index in [0.29, 0.717) is 5.76 Å². The Hall–Kier alpha value is -1.25. The molecule has 3 nitrogen and oxygen atoms in total. The average Bonchev–Trinajstić information content (AvgIpc) is 2.53. The van der Waals surface area contributed by atoms with Crippen LogP contribution < -0.4 is 5.32 Å². The van der Waals surface area contributed by atoms with Crippen LogP contribution in [-0.4, -0.2) is 11.9 Å². The summed E-state index contributed by atoms with van der Waals surface area (Å²) in [5.41, 5.74) is 0. The molecule has 0 saturated heterocycles. The van der Waals surface area contributed by atoms with Crippen molar-refractivity contribution in [2.45, 2.75) is 32.7 Å². The summed E-state index contributed by atoms with van der Waals surface area (Å²) in [6.45, 7) is 5.70. The Bertz CT molecular complexity index is 264. The van der Waals surface area contributed by atoms with Crippen molar-refractivity contribution in [3.8, 4) is 0 Å². The summed E-state index contributed by atoms with van der Waals surface area (Å²) < 4.78 is 5.14. The molecule has 0 aliphatic rings. The Kier molecular flexibility index (Phi) is 3.12.